The Balaban J connectivity index is 1.38. The lowest BCUT2D eigenvalue weighted by Gasteiger charge is -2.11. The second-order valence-electron chi connectivity index (χ2n) is 6.93. The molecule has 1 heterocycles. The average molecular weight is 410 g/mol. The molecule has 1 amide bonds. The number of ether oxygens (including phenoxy) is 1. The quantitative estimate of drug-likeness (QED) is 0.339. The van der Waals surface area contributed by atoms with Crippen LogP contribution in [0.4, 0.5) is 33.2 Å². The van der Waals surface area contributed by atoms with E-state index in [2.05, 4.69) is 20.9 Å². The third kappa shape index (κ3) is 5.83. The predicted octanol–water partition coefficient (Wildman–Crippen LogP) is 6.49. The maximum absolute atomic E-state index is 12.4. The number of hydrogen-bond acceptors (Lipinski definition) is 5. The molecule has 0 spiro atoms. The van der Waals surface area contributed by atoms with Crippen molar-refractivity contribution < 1.29 is 9.53 Å². The molecule has 0 fully saturated rings. The normalized spacial score (nSPS) is 10.2. The fourth-order valence-corrected chi connectivity index (χ4v) is 3.04. The number of carbonyl (C=O) groups excluding carboxylic acids is 1. The molecule has 4 aromatic rings. The molecule has 31 heavy (non-hydrogen) atoms. The molecular formula is C25H22N4O2. The number of aryl methyl sites for hydroxylation is 1. The van der Waals surface area contributed by atoms with Crippen LogP contribution in [0.25, 0.3) is 0 Å². The van der Waals surface area contributed by atoms with Gasteiger partial charge in [0.1, 0.15) is 5.75 Å². The first-order valence-electron chi connectivity index (χ1n) is 9.85. The largest absolute Gasteiger partial charge is 0.417 e. The maximum Gasteiger partial charge on any atom is 0.417 e. The van der Waals surface area contributed by atoms with Crippen LogP contribution in [0.3, 0.4) is 0 Å². The number of rotatable bonds is 6. The van der Waals surface area contributed by atoms with Gasteiger partial charge in [0.05, 0.1) is 0 Å². The van der Waals surface area contributed by atoms with Crippen LogP contribution in [0.2, 0.25) is 0 Å². The van der Waals surface area contributed by atoms with Crippen molar-refractivity contribution in [3.05, 3.63) is 103 Å². The lowest BCUT2D eigenvalue weighted by molar-refractivity contribution is 0.215. The van der Waals surface area contributed by atoms with Crippen molar-refractivity contribution in [2.75, 3.05) is 16.0 Å². The molecule has 0 atom stereocenters. The summed E-state index contributed by atoms with van der Waals surface area (Å²) in [5.41, 5.74) is 5.11. The average Bonchev–Trinajstić information content (AvgIpc) is 2.75. The molecule has 6 nitrogen and oxygen atoms in total. The van der Waals surface area contributed by atoms with E-state index in [0.717, 1.165) is 28.4 Å². The summed E-state index contributed by atoms with van der Waals surface area (Å²) in [4.78, 5) is 16.6. The van der Waals surface area contributed by atoms with Crippen LogP contribution in [0.15, 0.2) is 97.2 Å². The first-order chi connectivity index (χ1) is 15.1. The SMILES string of the molecule is Cc1cc(Nc2cccc(OC(=O)Nc3cccc(Nc4ccccc4)c3)c2)ccn1. The number of nitrogens with one attached hydrogen (secondary N) is 3. The minimum absolute atomic E-state index is 0.437. The van der Waals surface area contributed by atoms with Gasteiger partial charge in [0, 0.05) is 46.4 Å². The molecule has 154 valence electrons. The van der Waals surface area contributed by atoms with Gasteiger partial charge in [-0.25, -0.2) is 4.79 Å². The van der Waals surface area contributed by atoms with Gasteiger partial charge in [0.25, 0.3) is 0 Å². The Bertz CT molecular complexity index is 1180. The van der Waals surface area contributed by atoms with Crippen LogP contribution < -0.4 is 20.7 Å². The van der Waals surface area contributed by atoms with Crippen LogP contribution in [0.1, 0.15) is 5.69 Å². The van der Waals surface area contributed by atoms with Gasteiger partial charge in [0.15, 0.2) is 0 Å². The van der Waals surface area contributed by atoms with Crippen molar-refractivity contribution in [2.45, 2.75) is 6.92 Å². The zero-order valence-electron chi connectivity index (χ0n) is 17.0. The van der Waals surface area contributed by atoms with Gasteiger partial charge >= 0.3 is 6.09 Å². The van der Waals surface area contributed by atoms with Crippen molar-refractivity contribution >= 4 is 34.5 Å². The van der Waals surface area contributed by atoms with Crippen LogP contribution in [0, 0.1) is 6.92 Å². The zero-order valence-corrected chi connectivity index (χ0v) is 17.0. The van der Waals surface area contributed by atoms with E-state index in [1.165, 1.54) is 0 Å². The lowest BCUT2D eigenvalue weighted by atomic mass is 10.2. The van der Waals surface area contributed by atoms with Crippen LogP contribution in [-0.4, -0.2) is 11.1 Å². The highest BCUT2D eigenvalue weighted by molar-refractivity contribution is 5.87. The number of carbonyl (C=O) groups is 1. The van der Waals surface area contributed by atoms with Crippen LogP contribution in [-0.2, 0) is 0 Å². The fraction of sp³-hybridized carbons (Fsp3) is 0.0400. The zero-order chi connectivity index (χ0) is 21.5. The Labute approximate surface area is 180 Å². The van der Waals surface area contributed by atoms with E-state index < -0.39 is 6.09 Å². The van der Waals surface area contributed by atoms with E-state index in [-0.39, 0.29) is 0 Å². The lowest BCUT2D eigenvalue weighted by Crippen LogP contribution is -2.16. The highest BCUT2D eigenvalue weighted by Crippen LogP contribution is 2.23. The van der Waals surface area contributed by atoms with Gasteiger partial charge in [-0.3, -0.25) is 10.3 Å². The summed E-state index contributed by atoms with van der Waals surface area (Å²) in [6.45, 7) is 1.93. The molecule has 6 heteroatoms. The topological polar surface area (TPSA) is 75.3 Å². The van der Waals surface area contributed by atoms with Crippen molar-refractivity contribution in [3.63, 3.8) is 0 Å². The molecule has 0 aliphatic carbocycles. The molecule has 1 aromatic heterocycles. The summed E-state index contributed by atoms with van der Waals surface area (Å²) in [7, 11) is 0. The molecule has 0 saturated heterocycles. The van der Waals surface area contributed by atoms with E-state index in [0.29, 0.717) is 11.4 Å². The summed E-state index contributed by atoms with van der Waals surface area (Å²) < 4.78 is 5.46. The molecular weight excluding hydrogens is 388 g/mol. The van der Waals surface area contributed by atoms with Gasteiger partial charge in [-0.05, 0) is 61.5 Å². The standard InChI is InChI=1S/C25H22N4O2/c1-18-15-23(13-14-26-18)28-22-11-6-12-24(17-22)31-25(30)29-21-10-5-9-20(16-21)27-19-7-3-2-4-8-19/h2-17,27H,1H3,(H,26,28)(H,29,30). The summed E-state index contributed by atoms with van der Waals surface area (Å²) in [6.07, 6.45) is 1.18. The molecule has 3 aromatic carbocycles. The van der Waals surface area contributed by atoms with Gasteiger partial charge in [0.2, 0.25) is 0 Å². The predicted molar refractivity (Wildman–Crippen MR) is 125 cm³/mol. The summed E-state index contributed by atoms with van der Waals surface area (Å²) in [5, 5.41) is 9.34. The number of aromatic nitrogens is 1. The number of nitrogens with zero attached hydrogens (tertiary/aromatic N) is 1. The van der Waals surface area contributed by atoms with Crippen LogP contribution >= 0.6 is 0 Å². The molecule has 0 aliphatic heterocycles. The molecule has 3 N–H and O–H groups in total. The molecule has 0 bridgehead atoms. The minimum atomic E-state index is -0.561. The number of pyridine rings is 1. The van der Waals surface area contributed by atoms with E-state index in [1.54, 1.807) is 24.4 Å². The van der Waals surface area contributed by atoms with Crippen LogP contribution in [0.5, 0.6) is 5.75 Å². The van der Waals surface area contributed by atoms with Crippen molar-refractivity contribution in [3.8, 4) is 5.75 Å². The monoisotopic (exact) mass is 410 g/mol. The Kier molecular flexibility index (Phi) is 6.09. The van der Waals surface area contributed by atoms with Crippen molar-refractivity contribution in [1.82, 2.24) is 4.98 Å². The van der Waals surface area contributed by atoms with Gasteiger partial charge < -0.3 is 15.4 Å². The van der Waals surface area contributed by atoms with Gasteiger partial charge in [-0.15, -0.1) is 0 Å². The Morgan fingerprint density at radius 1 is 0.710 bits per heavy atom. The Hall–Kier alpha value is -4.32. The summed E-state index contributed by atoms with van der Waals surface area (Å²) in [6, 6.07) is 28.3. The first kappa shape index (κ1) is 20.0. The highest BCUT2D eigenvalue weighted by atomic mass is 16.6. The van der Waals surface area contributed by atoms with Gasteiger partial charge in [-0.2, -0.15) is 0 Å². The summed E-state index contributed by atoms with van der Waals surface area (Å²) in [5.74, 6) is 0.437. The second-order valence-corrected chi connectivity index (χ2v) is 6.93. The van der Waals surface area contributed by atoms with E-state index in [4.69, 9.17) is 4.74 Å². The molecule has 0 saturated carbocycles. The third-order valence-electron chi connectivity index (χ3n) is 4.40. The second kappa shape index (κ2) is 9.45. The fourth-order valence-electron chi connectivity index (χ4n) is 3.04. The van der Waals surface area contributed by atoms with E-state index in [9.17, 15) is 4.79 Å². The molecule has 0 unspecified atom stereocenters. The first-order valence-corrected chi connectivity index (χ1v) is 9.85. The summed E-state index contributed by atoms with van der Waals surface area (Å²) >= 11 is 0. The number of para-hydroxylation sites is 1. The highest BCUT2D eigenvalue weighted by Gasteiger charge is 2.07. The molecule has 0 aliphatic rings. The minimum Gasteiger partial charge on any atom is -0.410 e. The Morgan fingerprint density at radius 3 is 2.16 bits per heavy atom. The number of hydrogen-bond donors (Lipinski definition) is 3. The smallest absolute Gasteiger partial charge is 0.410 e. The maximum atomic E-state index is 12.4. The molecule has 4 rings (SSSR count). The third-order valence-corrected chi connectivity index (χ3v) is 4.40. The number of benzene rings is 3. The van der Waals surface area contributed by atoms with E-state index in [1.807, 2.05) is 79.7 Å². The Morgan fingerprint density at radius 2 is 1.35 bits per heavy atom. The van der Waals surface area contributed by atoms with Gasteiger partial charge in [-0.1, -0.05) is 30.3 Å². The number of anilines is 5. The van der Waals surface area contributed by atoms with E-state index >= 15 is 0 Å². The number of amides is 1. The van der Waals surface area contributed by atoms with Crippen molar-refractivity contribution in [1.29, 1.82) is 0 Å². The molecule has 0 radical (unpaired) electrons. The van der Waals surface area contributed by atoms with Crippen molar-refractivity contribution in [2.24, 2.45) is 0 Å².